The number of hydrogen-bond acceptors (Lipinski definition) is 11. The minimum atomic E-state index is -0.972. The first-order valence-electron chi connectivity index (χ1n) is 23.8. The lowest BCUT2D eigenvalue weighted by atomic mass is 10.1. The van der Waals surface area contributed by atoms with Crippen molar-refractivity contribution in [2.24, 2.45) is 4.99 Å². The number of para-hydroxylation sites is 2. The van der Waals surface area contributed by atoms with Gasteiger partial charge in [-0.1, -0.05) is 56.2 Å². The summed E-state index contributed by atoms with van der Waals surface area (Å²) in [7, 11) is 7.45. The molecule has 8 rings (SSSR count). The van der Waals surface area contributed by atoms with Crippen LogP contribution in [0.25, 0.3) is 0 Å². The van der Waals surface area contributed by atoms with Crippen LogP contribution in [0.3, 0.4) is 0 Å². The molecule has 17 heteroatoms. The lowest BCUT2D eigenvalue weighted by Gasteiger charge is -2.24. The number of aliphatic imine (C=N–C) groups is 1. The molecule has 0 spiro atoms. The van der Waals surface area contributed by atoms with Crippen LogP contribution in [0.5, 0.6) is 23.0 Å². The lowest BCUT2D eigenvalue weighted by molar-refractivity contribution is -0.130. The fraction of sp³-hybridized carbons (Fsp3) is 0.333. The molecular weight excluding hydrogens is 922 g/mol. The number of anilines is 4. The van der Waals surface area contributed by atoms with Gasteiger partial charge in [0.25, 0.3) is 11.8 Å². The second kappa shape index (κ2) is 22.1. The highest BCUT2D eigenvalue weighted by Crippen LogP contribution is 2.42. The Bertz CT molecular complexity index is 2890. The van der Waals surface area contributed by atoms with Gasteiger partial charge in [-0.3, -0.25) is 33.9 Å². The van der Waals surface area contributed by atoms with E-state index in [1.807, 2.05) is 68.6 Å². The van der Waals surface area contributed by atoms with Gasteiger partial charge in [0, 0.05) is 61.8 Å². The van der Waals surface area contributed by atoms with Crippen LogP contribution in [0, 0.1) is 0 Å². The van der Waals surface area contributed by atoms with E-state index in [4.69, 9.17) is 23.9 Å². The molecule has 4 atom stereocenters. The topological polar surface area (TPSA) is 180 Å². The summed E-state index contributed by atoms with van der Waals surface area (Å²) < 4.78 is 26.2. The first kappa shape index (κ1) is 50.0. The van der Waals surface area contributed by atoms with Crippen molar-refractivity contribution in [3.63, 3.8) is 0 Å². The maximum Gasteiger partial charge on any atom is 0.261 e. The molecule has 5 aromatic rings. The number of carbonyl (C=O) groups is 5. The zero-order valence-electron chi connectivity index (χ0n) is 40.9. The molecule has 71 heavy (non-hydrogen) atoms. The smallest absolute Gasteiger partial charge is 0.261 e. The number of nitrogens with one attached hydrogen (secondary N) is 3. The molecule has 0 bridgehead atoms. The number of fused-ring (bicyclic) bond motifs is 5. The number of carbonyl (C=O) groups excluding carboxylic acids is 5. The zero-order chi connectivity index (χ0) is 50.3. The van der Waals surface area contributed by atoms with Crippen molar-refractivity contribution in [1.29, 1.82) is 0 Å². The minimum absolute atomic E-state index is 0.00141. The second-order valence-corrected chi connectivity index (χ2v) is 18.7. The van der Waals surface area contributed by atoms with Crippen LogP contribution >= 0.6 is 9.39 Å². The van der Waals surface area contributed by atoms with Crippen LogP contribution in [0.4, 0.5) is 28.4 Å². The highest BCUT2D eigenvalue weighted by atomic mass is 31.0. The standard InChI is InChI=1S/C54H60N7O9P/c1-7-8-9-18-50(62)56-32(2)51(63)57-33(3)52(64)58-38-22-34(30-69-48-27-42-40(25-46(48)67-5)54(66)61-39(29-55-42)24-37-15-11-13-17-44(37)61)21-35(23-38)31-70-49-28-45(59(4)71)41(26-47(49)68-6)53(65)60-20-19-36-14-10-12-16-43(36)60/h10-17,21-23,25-29,32-33,39H,7-9,18-20,24,30-31,71H2,1-6H3,(H,56,62)(H,57,63)(H,58,64)/t32-,33?,39?/m0/s1. The molecule has 370 valence electrons. The van der Waals surface area contributed by atoms with Gasteiger partial charge in [0.2, 0.25) is 17.7 Å². The van der Waals surface area contributed by atoms with Crippen LogP contribution in [0.1, 0.15) is 89.4 Å². The average Bonchev–Trinajstić information content (AvgIpc) is 3.94. The summed E-state index contributed by atoms with van der Waals surface area (Å²) in [5.41, 5.74) is 7.44. The molecule has 3 heterocycles. The van der Waals surface area contributed by atoms with Gasteiger partial charge in [-0.15, -0.1) is 0 Å². The Hall–Kier alpha value is -7.45. The van der Waals surface area contributed by atoms with Crippen molar-refractivity contribution < 1.29 is 42.9 Å². The first-order chi connectivity index (χ1) is 34.3. The Morgan fingerprint density at radius 2 is 1.44 bits per heavy atom. The molecule has 0 fully saturated rings. The third-order valence-corrected chi connectivity index (χ3v) is 13.1. The highest BCUT2D eigenvalue weighted by molar-refractivity contribution is 7.19. The predicted molar refractivity (Wildman–Crippen MR) is 278 cm³/mol. The van der Waals surface area contributed by atoms with Crippen molar-refractivity contribution in [3.8, 4) is 23.0 Å². The van der Waals surface area contributed by atoms with Gasteiger partial charge in [0.1, 0.15) is 25.3 Å². The number of methoxy groups -OCH3 is 2. The number of ether oxygens (including phenoxy) is 4. The summed E-state index contributed by atoms with van der Waals surface area (Å²) in [6, 6.07) is 25.8. The van der Waals surface area contributed by atoms with Crippen LogP contribution in [0.2, 0.25) is 0 Å². The molecule has 5 aromatic carbocycles. The molecule has 16 nitrogen and oxygen atoms in total. The van der Waals surface area contributed by atoms with Gasteiger partial charge < -0.3 is 44.5 Å². The van der Waals surface area contributed by atoms with Crippen LogP contribution in [-0.2, 0) is 40.4 Å². The molecule has 0 saturated heterocycles. The summed E-state index contributed by atoms with van der Waals surface area (Å²) in [5, 5.41) is 8.34. The number of benzene rings is 5. The van der Waals surface area contributed by atoms with Crippen molar-refractivity contribution in [1.82, 2.24) is 10.6 Å². The maximum absolute atomic E-state index is 14.1. The summed E-state index contributed by atoms with van der Waals surface area (Å²) in [6.45, 7) is 5.74. The van der Waals surface area contributed by atoms with Crippen LogP contribution in [-0.4, -0.2) is 81.7 Å². The van der Waals surface area contributed by atoms with Crippen molar-refractivity contribution in [2.45, 2.75) is 90.6 Å². The molecule has 0 aromatic heterocycles. The lowest BCUT2D eigenvalue weighted by Crippen LogP contribution is -2.50. The molecule has 5 amide bonds. The van der Waals surface area contributed by atoms with Crippen molar-refractivity contribution in [2.75, 3.05) is 47.6 Å². The van der Waals surface area contributed by atoms with Crippen LogP contribution < -0.4 is 49.4 Å². The van der Waals surface area contributed by atoms with Crippen molar-refractivity contribution >= 4 is 73.6 Å². The summed E-state index contributed by atoms with van der Waals surface area (Å²) in [5.74, 6) is -0.181. The quantitative estimate of drug-likeness (QED) is 0.0541. The van der Waals surface area contributed by atoms with Gasteiger partial charge >= 0.3 is 0 Å². The third kappa shape index (κ3) is 11.1. The number of amides is 5. The molecule has 3 unspecified atom stereocenters. The Morgan fingerprint density at radius 1 is 0.789 bits per heavy atom. The van der Waals surface area contributed by atoms with Gasteiger partial charge in [0.15, 0.2) is 23.0 Å². The van der Waals surface area contributed by atoms with E-state index in [9.17, 15) is 24.0 Å². The largest absolute Gasteiger partial charge is 0.493 e. The van der Waals surface area contributed by atoms with Crippen molar-refractivity contribution in [3.05, 3.63) is 124 Å². The third-order valence-electron chi connectivity index (χ3n) is 12.8. The van der Waals surface area contributed by atoms with Crippen LogP contribution in [0.15, 0.2) is 96.0 Å². The predicted octanol–water partition coefficient (Wildman–Crippen LogP) is 8.11. The number of unbranched alkanes of at least 4 members (excludes halogenated alkanes) is 2. The fourth-order valence-electron chi connectivity index (χ4n) is 9.06. The van der Waals surface area contributed by atoms with E-state index in [0.717, 1.165) is 48.2 Å². The SMILES string of the molecule is CCCCCC(=O)N[C@@H](C)C(=O)NC(C)C(=O)Nc1cc(COc2cc3c(cc2OC)C(=O)N2c4ccccc4CC2C=N3)cc(COc2cc(N(C)P)c(C(=O)N3CCc4ccccc43)cc2OC)c1. The van der Waals surface area contributed by atoms with E-state index in [1.165, 1.54) is 14.2 Å². The molecule has 0 saturated carbocycles. The number of rotatable bonds is 19. The molecular formula is C54H60N7O9P. The monoisotopic (exact) mass is 981 g/mol. The van der Waals surface area contributed by atoms with E-state index in [-0.39, 0.29) is 37.0 Å². The Balaban J connectivity index is 1.04. The summed E-state index contributed by atoms with van der Waals surface area (Å²) >= 11 is 0. The Morgan fingerprint density at radius 3 is 2.13 bits per heavy atom. The zero-order valence-corrected chi connectivity index (χ0v) is 42.0. The van der Waals surface area contributed by atoms with E-state index in [1.54, 1.807) is 70.9 Å². The average molecular weight is 982 g/mol. The van der Waals surface area contributed by atoms with Gasteiger partial charge in [-0.25, -0.2) is 0 Å². The Labute approximate surface area is 416 Å². The normalized spacial score (nSPS) is 15.0. The van der Waals surface area contributed by atoms with Gasteiger partial charge in [-0.05, 0) is 101 Å². The molecule has 3 aliphatic heterocycles. The molecule has 3 N–H and O–H groups in total. The fourth-order valence-corrected chi connectivity index (χ4v) is 9.27. The first-order valence-corrected chi connectivity index (χ1v) is 24.3. The molecule has 0 radical (unpaired) electrons. The maximum atomic E-state index is 14.1. The van der Waals surface area contributed by atoms with E-state index < -0.39 is 23.9 Å². The second-order valence-electron chi connectivity index (χ2n) is 17.9. The summed E-state index contributed by atoms with van der Waals surface area (Å²) in [6.07, 6.45) is 6.13. The number of hydrogen-bond donors (Lipinski definition) is 3. The van der Waals surface area contributed by atoms with Gasteiger partial charge in [0.05, 0.1) is 42.8 Å². The highest BCUT2D eigenvalue weighted by Gasteiger charge is 2.37. The van der Waals surface area contributed by atoms with E-state index >= 15 is 0 Å². The molecule has 3 aliphatic rings. The van der Waals surface area contributed by atoms with E-state index in [0.29, 0.717) is 81.7 Å². The Kier molecular flexibility index (Phi) is 15.5. The summed E-state index contributed by atoms with van der Waals surface area (Å²) in [4.78, 5) is 75.7. The molecule has 0 aliphatic carbocycles. The number of nitrogens with zero attached hydrogens (tertiary/aromatic N) is 4. The van der Waals surface area contributed by atoms with E-state index in [2.05, 4.69) is 25.3 Å². The minimum Gasteiger partial charge on any atom is -0.493 e. The van der Waals surface area contributed by atoms with Gasteiger partial charge in [-0.2, -0.15) is 0 Å².